The van der Waals surface area contributed by atoms with E-state index >= 15 is 0 Å². The smallest absolute Gasteiger partial charge is 0.416 e. The molecule has 0 fully saturated rings. The van der Waals surface area contributed by atoms with E-state index in [0.29, 0.717) is 27.8 Å². The number of para-hydroxylation sites is 1. The lowest BCUT2D eigenvalue weighted by Crippen LogP contribution is -2.17. The summed E-state index contributed by atoms with van der Waals surface area (Å²) < 4.78 is 40.0. The maximum absolute atomic E-state index is 13.3. The standard InChI is InChI=1S/C25H18ClF3N2O3/c1-14-18(12-23(33)30-17-5-3-2-4-6-17)19-11-22(32)20(26)13-21(19)31(14)24(34)15-7-9-16(10-8-15)25(27,28)29/h2-11,13,32H,12H2,1H3,(H,30,33). The van der Waals surface area contributed by atoms with Gasteiger partial charge in [0.1, 0.15) is 5.75 Å². The molecule has 0 unspecified atom stereocenters. The Bertz CT molecular complexity index is 1400. The van der Waals surface area contributed by atoms with Crippen LogP contribution in [-0.2, 0) is 17.4 Å². The largest absolute Gasteiger partial charge is 0.506 e. The van der Waals surface area contributed by atoms with Crippen molar-refractivity contribution in [2.75, 3.05) is 5.32 Å². The molecule has 1 heterocycles. The van der Waals surface area contributed by atoms with Crippen molar-refractivity contribution in [3.8, 4) is 5.75 Å². The number of halogens is 4. The van der Waals surface area contributed by atoms with Crippen molar-refractivity contribution >= 4 is 40.0 Å². The molecule has 0 saturated carbocycles. The van der Waals surface area contributed by atoms with Gasteiger partial charge in [-0.3, -0.25) is 14.2 Å². The van der Waals surface area contributed by atoms with Gasteiger partial charge in [0.05, 0.1) is 22.5 Å². The number of aromatic nitrogens is 1. The molecule has 0 aliphatic rings. The third-order valence-electron chi connectivity index (χ3n) is 5.46. The fourth-order valence-corrected chi connectivity index (χ4v) is 3.95. The van der Waals surface area contributed by atoms with E-state index in [0.717, 1.165) is 24.3 Å². The number of benzene rings is 3. The Morgan fingerprint density at radius 2 is 1.68 bits per heavy atom. The quantitative estimate of drug-likeness (QED) is 0.361. The lowest BCUT2D eigenvalue weighted by molar-refractivity contribution is -0.137. The molecule has 0 aliphatic heterocycles. The Labute approximate surface area is 197 Å². The number of phenols is 1. The zero-order chi connectivity index (χ0) is 24.6. The average Bonchev–Trinajstić information content (AvgIpc) is 3.04. The third kappa shape index (κ3) is 4.49. The molecule has 0 radical (unpaired) electrons. The number of alkyl halides is 3. The van der Waals surface area contributed by atoms with Crippen molar-refractivity contribution in [1.82, 2.24) is 4.57 Å². The maximum atomic E-state index is 13.3. The Kier molecular flexibility index (Phi) is 6.10. The van der Waals surface area contributed by atoms with Crippen LogP contribution in [0.4, 0.5) is 18.9 Å². The van der Waals surface area contributed by atoms with Crippen LogP contribution in [0.15, 0.2) is 66.7 Å². The Morgan fingerprint density at radius 3 is 2.29 bits per heavy atom. The van der Waals surface area contributed by atoms with Crippen LogP contribution in [0.1, 0.15) is 27.2 Å². The highest BCUT2D eigenvalue weighted by Crippen LogP contribution is 2.35. The highest BCUT2D eigenvalue weighted by Gasteiger charge is 2.30. The molecule has 5 nitrogen and oxygen atoms in total. The molecule has 0 bridgehead atoms. The topological polar surface area (TPSA) is 71.3 Å². The van der Waals surface area contributed by atoms with Gasteiger partial charge in [0.2, 0.25) is 5.91 Å². The minimum Gasteiger partial charge on any atom is -0.506 e. The lowest BCUT2D eigenvalue weighted by Gasteiger charge is -2.10. The van der Waals surface area contributed by atoms with Gasteiger partial charge in [0.25, 0.3) is 5.91 Å². The molecule has 4 aromatic rings. The number of hydrogen-bond acceptors (Lipinski definition) is 3. The molecule has 0 spiro atoms. The maximum Gasteiger partial charge on any atom is 0.416 e. The molecule has 174 valence electrons. The Hall–Kier alpha value is -3.78. The number of nitrogens with zero attached hydrogens (tertiary/aromatic N) is 1. The van der Waals surface area contributed by atoms with Crippen molar-refractivity contribution < 1.29 is 27.9 Å². The fraction of sp³-hybridized carbons (Fsp3) is 0.120. The first-order chi connectivity index (χ1) is 16.1. The normalized spacial score (nSPS) is 11.6. The van der Waals surface area contributed by atoms with Gasteiger partial charge in [-0.1, -0.05) is 29.8 Å². The molecule has 0 aliphatic carbocycles. The number of phenolic OH excluding ortho intramolecular Hbond substituents is 1. The highest BCUT2D eigenvalue weighted by molar-refractivity contribution is 6.33. The van der Waals surface area contributed by atoms with Gasteiger partial charge >= 0.3 is 6.18 Å². The minimum absolute atomic E-state index is 0.00763. The predicted molar refractivity (Wildman–Crippen MR) is 123 cm³/mol. The lowest BCUT2D eigenvalue weighted by atomic mass is 10.1. The van der Waals surface area contributed by atoms with Crippen LogP contribution >= 0.6 is 11.6 Å². The molecule has 1 amide bonds. The van der Waals surface area contributed by atoms with Crippen molar-refractivity contribution in [2.45, 2.75) is 19.5 Å². The van der Waals surface area contributed by atoms with Gasteiger partial charge in [-0.2, -0.15) is 13.2 Å². The van der Waals surface area contributed by atoms with E-state index in [2.05, 4.69) is 5.32 Å². The summed E-state index contributed by atoms with van der Waals surface area (Å²) in [5, 5.41) is 13.3. The first-order valence-corrected chi connectivity index (χ1v) is 10.5. The summed E-state index contributed by atoms with van der Waals surface area (Å²) in [7, 11) is 0. The summed E-state index contributed by atoms with van der Waals surface area (Å²) in [5.41, 5.74) is 0.968. The van der Waals surface area contributed by atoms with Gasteiger partial charge in [0.15, 0.2) is 0 Å². The molecule has 9 heteroatoms. The summed E-state index contributed by atoms with van der Waals surface area (Å²) in [6.45, 7) is 1.62. The zero-order valence-corrected chi connectivity index (χ0v) is 18.5. The summed E-state index contributed by atoms with van der Waals surface area (Å²) in [6.07, 6.45) is -4.63. The van der Waals surface area contributed by atoms with Crippen molar-refractivity contribution in [1.29, 1.82) is 0 Å². The van der Waals surface area contributed by atoms with Crippen molar-refractivity contribution in [3.63, 3.8) is 0 Å². The van der Waals surface area contributed by atoms with E-state index < -0.39 is 17.6 Å². The third-order valence-corrected chi connectivity index (χ3v) is 5.76. The molecule has 2 N–H and O–H groups in total. The van der Waals surface area contributed by atoms with Gasteiger partial charge in [-0.05, 0) is 61.0 Å². The second kappa shape index (κ2) is 8.87. The van der Waals surface area contributed by atoms with Gasteiger partial charge in [-0.25, -0.2) is 0 Å². The number of aromatic hydroxyl groups is 1. The van der Waals surface area contributed by atoms with Crippen LogP contribution in [-0.4, -0.2) is 21.5 Å². The monoisotopic (exact) mass is 486 g/mol. The van der Waals surface area contributed by atoms with E-state index in [1.54, 1.807) is 31.2 Å². The van der Waals surface area contributed by atoms with Crippen molar-refractivity contribution in [2.24, 2.45) is 0 Å². The number of fused-ring (bicyclic) bond motifs is 1. The van der Waals surface area contributed by atoms with Gasteiger partial charge in [-0.15, -0.1) is 0 Å². The van der Waals surface area contributed by atoms with Gasteiger partial charge in [0, 0.05) is 22.3 Å². The number of carbonyl (C=O) groups is 2. The second-order valence-corrected chi connectivity index (χ2v) is 8.10. The Morgan fingerprint density at radius 1 is 1.03 bits per heavy atom. The summed E-state index contributed by atoms with van der Waals surface area (Å²) in [4.78, 5) is 26.0. The molecular weight excluding hydrogens is 469 g/mol. The molecule has 4 rings (SSSR count). The second-order valence-electron chi connectivity index (χ2n) is 7.69. The number of nitrogens with one attached hydrogen (secondary N) is 1. The fourth-order valence-electron chi connectivity index (χ4n) is 3.79. The molecule has 0 atom stereocenters. The molecule has 1 aromatic heterocycles. The minimum atomic E-state index is -4.53. The molecule has 3 aromatic carbocycles. The van der Waals surface area contributed by atoms with Gasteiger partial charge < -0.3 is 10.4 Å². The zero-order valence-electron chi connectivity index (χ0n) is 17.8. The number of rotatable bonds is 4. The summed E-state index contributed by atoms with van der Waals surface area (Å²) in [6, 6.07) is 15.4. The van der Waals surface area contributed by atoms with Crippen LogP contribution in [0.3, 0.4) is 0 Å². The van der Waals surface area contributed by atoms with E-state index in [-0.39, 0.29) is 28.7 Å². The van der Waals surface area contributed by atoms with Crippen LogP contribution < -0.4 is 5.32 Å². The number of amides is 1. The summed E-state index contributed by atoms with van der Waals surface area (Å²) >= 11 is 6.08. The van der Waals surface area contributed by atoms with Crippen molar-refractivity contribution in [3.05, 3.63) is 94.1 Å². The van der Waals surface area contributed by atoms with E-state index in [9.17, 15) is 27.9 Å². The van der Waals surface area contributed by atoms with Crippen LogP contribution in [0.5, 0.6) is 5.75 Å². The first kappa shape index (κ1) is 23.4. The number of carbonyl (C=O) groups excluding carboxylic acids is 2. The van der Waals surface area contributed by atoms with Crippen LogP contribution in [0.25, 0.3) is 10.9 Å². The van der Waals surface area contributed by atoms with Crippen LogP contribution in [0.2, 0.25) is 5.02 Å². The number of hydrogen-bond donors (Lipinski definition) is 2. The molecule has 0 saturated heterocycles. The highest BCUT2D eigenvalue weighted by atomic mass is 35.5. The first-order valence-electron chi connectivity index (χ1n) is 10.2. The average molecular weight is 487 g/mol. The molecular formula is C25H18ClF3N2O3. The summed E-state index contributed by atoms with van der Waals surface area (Å²) in [5.74, 6) is -1.16. The van der Waals surface area contributed by atoms with E-state index in [1.807, 2.05) is 6.07 Å². The molecule has 34 heavy (non-hydrogen) atoms. The number of anilines is 1. The van der Waals surface area contributed by atoms with Crippen LogP contribution in [0, 0.1) is 6.92 Å². The van der Waals surface area contributed by atoms with E-state index in [4.69, 9.17) is 11.6 Å². The van der Waals surface area contributed by atoms with E-state index in [1.165, 1.54) is 16.7 Å². The Balaban J connectivity index is 1.76. The SMILES string of the molecule is Cc1c(CC(=O)Nc2ccccc2)c2cc(O)c(Cl)cc2n1C(=O)c1ccc(C(F)(F)F)cc1. The predicted octanol–water partition coefficient (Wildman–Crippen LogP) is 6.20.